The van der Waals surface area contributed by atoms with E-state index in [2.05, 4.69) is 5.32 Å². The number of nitrogens with one attached hydrogen (secondary N) is 1. The van der Waals surface area contributed by atoms with Gasteiger partial charge in [0.25, 0.3) is 0 Å². The first kappa shape index (κ1) is 19.9. The molecule has 5 nitrogen and oxygen atoms in total. The van der Waals surface area contributed by atoms with Crippen LogP contribution in [0.1, 0.15) is 56.1 Å². The Labute approximate surface area is 151 Å². The van der Waals surface area contributed by atoms with Gasteiger partial charge in [-0.1, -0.05) is 55.5 Å². The number of sulfonamides is 1. The fraction of sp³-hybridized carbons (Fsp3) is 0.632. The lowest BCUT2D eigenvalue weighted by atomic mass is 10.1. The van der Waals surface area contributed by atoms with Crippen molar-refractivity contribution in [3.63, 3.8) is 0 Å². The van der Waals surface area contributed by atoms with Crippen LogP contribution >= 0.6 is 0 Å². The van der Waals surface area contributed by atoms with E-state index in [0.29, 0.717) is 6.54 Å². The fourth-order valence-corrected chi connectivity index (χ4v) is 4.55. The van der Waals surface area contributed by atoms with Crippen molar-refractivity contribution in [3.05, 3.63) is 35.4 Å². The van der Waals surface area contributed by atoms with Gasteiger partial charge in [-0.2, -0.15) is 4.31 Å². The number of hydrogen-bond donors (Lipinski definition) is 1. The molecule has 25 heavy (non-hydrogen) atoms. The van der Waals surface area contributed by atoms with Crippen molar-refractivity contribution in [2.75, 3.05) is 12.8 Å². The van der Waals surface area contributed by atoms with Crippen LogP contribution in [0.15, 0.2) is 24.3 Å². The van der Waals surface area contributed by atoms with Crippen molar-refractivity contribution in [2.45, 2.75) is 64.5 Å². The Morgan fingerprint density at radius 3 is 2.28 bits per heavy atom. The highest BCUT2D eigenvalue weighted by atomic mass is 32.2. The first-order chi connectivity index (χ1) is 11.9. The van der Waals surface area contributed by atoms with Gasteiger partial charge in [0.15, 0.2) is 0 Å². The largest absolute Gasteiger partial charge is 0.352 e. The van der Waals surface area contributed by atoms with E-state index in [0.717, 1.165) is 31.2 Å². The Bertz CT molecular complexity index is 648. The maximum atomic E-state index is 12.2. The molecule has 0 aliphatic heterocycles. The van der Waals surface area contributed by atoms with Gasteiger partial charge < -0.3 is 5.32 Å². The first-order valence-electron chi connectivity index (χ1n) is 9.15. The van der Waals surface area contributed by atoms with Crippen LogP contribution in [0.25, 0.3) is 0 Å². The average molecular weight is 367 g/mol. The highest BCUT2D eigenvalue weighted by Gasteiger charge is 2.27. The van der Waals surface area contributed by atoms with Crippen LogP contribution < -0.4 is 5.32 Å². The predicted molar refractivity (Wildman–Crippen MR) is 101 cm³/mol. The molecule has 0 aromatic heterocycles. The summed E-state index contributed by atoms with van der Waals surface area (Å²) >= 11 is 0. The van der Waals surface area contributed by atoms with Crippen molar-refractivity contribution in [1.82, 2.24) is 9.62 Å². The second kappa shape index (κ2) is 9.34. The molecule has 1 saturated carbocycles. The molecule has 1 N–H and O–H groups in total. The molecule has 0 heterocycles. The number of hydrogen-bond acceptors (Lipinski definition) is 3. The fourth-order valence-electron chi connectivity index (χ4n) is 3.37. The van der Waals surface area contributed by atoms with Crippen LogP contribution in [-0.2, 0) is 21.4 Å². The van der Waals surface area contributed by atoms with E-state index in [9.17, 15) is 13.2 Å². The number of amides is 1. The highest BCUT2D eigenvalue weighted by molar-refractivity contribution is 7.88. The minimum atomic E-state index is -3.29. The molecular weight excluding hydrogens is 336 g/mol. The predicted octanol–water partition coefficient (Wildman–Crippen LogP) is 2.99. The highest BCUT2D eigenvalue weighted by Crippen LogP contribution is 2.23. The zero-order valence-electron chi connectivity index (χ0n) is 15.3. The number of nitrogens with zero attached hydrogens (tertiary/aromatic N) is 1. The minimum Gasteiger partial charge on any atom is -0.352 e. The first-order valence-corrected chi connectivity index (χ1v) is 11.0. The van der Waals surface area contributed by atoms with E-state index >= 15 is 0 Å². The van der Waals surface area contributed by atoms with Gasteiger partial charge in [0.1, 0.15) is 0 Å². The van der Waals surface area contributed by atoms with E-state index in [1.165, 1.54) is 24.7 Å². The molecule has 140 valence electrons. The van der Waals surface area contributed by atoms with Crippen molar-refractivity contribution < 1.29 is 13.2 Å². The van der Waals surface area contributed by atoms with Crippen LogP contribution in [-0.4, -0.2) is 37.5 Å². The van der Waals surface area contributed by atoms with Crippen LogP contribution in [0.2, 0.25) is 0 Å². The van der Waals surface area contributed by atoms with E-state index in [4.69, 9.17) is 0 Å². The Hall–Kier alpha value is -1.40. The Kier molecular flexibility index (Phi) is 7.44. The normalized spacial score (nSPS) is 16.6. The summed E-state index contributed by atoms with van der Waals surface area (Å²) in [6.45, 7) is 2.76. The molecule has 1 aliphatic carbocycles. The lowest BCUT2D eigenvalue weighted by Crippen LogP contribution is -2.41. The summed E-state index contributed by atoms with van der Waals surface area (Å²) in [4.78, 5) is 12.1. The van der Waals surface area contributed by atoms with E-state index in [-0.39, 0.29) is 24.9 Å². The second-order valence-electron chi connectivity index (χ2n) is 7.03. The summed E-state index contributed by atoms with van der Waals surface area (Å²) in [5.41, 5.74) is 2.23. The molecule has 0 atom stereocenters. The molecule has 6 heteroatoms. The Balaban J connectivity index is 1.86. The number of carbonyl (C=O) groups excluding carboxylic acids is 1. The Morgan fingerprint density at radius 1 is 1.12 bits per heavy atom. The maximum Gasteiger partial charge on any atom is 0.221 e. The van der Waals surface area contributed by atoms with Crippen molar-refractivity contribution in [3.8, 4) is 0 Å². The van der Waals surface area contributed by atoms with Crippen LogP contribution in [0.5, 0.6) is 0 Å². The average Bonchev–Trinajstić information content (AvgIpc) is 2.82. The molecule has 0 bridgehead atoms. The molecule has 0 unspecified atom stereocenters. The van der Waals surface area contributed by atoms with Crippen LogP contribution in [0.3, 0.4) is 0 Å². The van der Waals surface area contributed by atoms with Crippen LogP contribution in [0, 0.1) is 6.92 Å². The van der Waals surface area contributed by atoms with Gasteiger partial charge in [0.05, 0.1) is 6.26 Å². The van der Waals surface area contributed by atoms with E-state index < -0.39 is 10.0 Å². The summed E-state index contributed by atoms with van der Waals surface area (Å²) in [6, 6.07) is 8.05. The molecule has 1 fully saturated rings. The molecule has 0 spiro atoms. The third-order valence-corrected chi connectivity index (χ3v) is 6.16. The molecule has 0 saturated heterocycles. The Morgan fingerprint density at radius 2 is 1.72 bits per heavy atom. The smallest absolute Gasteiger partial charge is 0.221 e. The lowest BCUT2D eigenvalue weighted by Gasteiger charge is -2.28. The molecule has 1 aromatic carbocycles. The van der Waals surface area contributed by atoms with Gasteiger partial charge in [0.2, 0.25) is 15.9 Å². The summed E-state index contributed by atoms with van der Waals surface area (Å²) in [5, 5.41) is 2.88. The number of benzene rings is 1. The number of rotatable bonds is 7. The second-order valence-corrected chi connectivity index (χ2v) is 8.97. The third-order valence-electron chi connectivity index (χ3n) is 4.83. The SMILES string of the molecule is Cc1ccc(CNC(=O)CCN(C2CCCCCC2)S(C)(=O)=O)cc1. The van der Waals surface area contributed by atoms with Crippen molar-refractivity contribution in [1.29, 1.82) is 0 Å². The number of aryl methyl sites for hydroxylation is 1. The van der Waals surface area contributed by atoms with Gasteiger partial charge in [-0.15, -0.1) is 0 Å². The molecule has 0 radical (unpaired) electrons. The topological polar surface area (TPSA) is 66.5 Å². The van der Waals surface area contributed by atoms with Crippen LogP contribution in [0.4, 0.5) is 0 Å². The molecule has 1 amide bonds. The monoisotopic (exact) mass is 366 g/mol. The summed E-state index contributed by atoms with van der Waals surface area (Å²) in [7, 11) is -3.29. The number of carbonyl (C=O) groups is 1. The molecule has 2 rings (SSSR count). The molecular formula is C19H30N2O3S. The van der Waals surface area contributed by atoms with Gasteiger partial charge >= 0.3 is 0 Å². The summed E-state index contributed by atoms with van der Waals surface area (Å²) < 4.78 is 25.9. The van der Waals surface area contributed by atoms with E-state index in [1.54, 1.807) is 4.31 Å². The lowest BCUT2D eigenvalue weighted by molar-refractivity contribution is -0.121. The minimum absolute atomic E-state index is 0.0439. The van der Waals surface area contributed by atoms with Gasteiger partial charge in [-0.05, 0) is 25.3 Å². The van der Waals surface area contributed by atoms with E-state index in [1.807, 2.05) is 31.2 Å². The molecule has 1 aliphatic rings. The molecule has 1 aromatic rings. The maximum absolute atomic E-state index is 12.2. The quantitative estimate of drug-likeness (QED) is 0.755. The van der Waals surface area contributed by atoms with Crippen molar-refractivity contribution in [2.24, 2.45) is 0 Å². The van der Waals surface area contributed by atoms with Gasteiger partial charge in [-0.3, -0.25) is 4.79 Å². The summed E-state index contributed by atoms with van der Waals surface area (Å²) in [5.74, 6) is -0.108. The van der Waals surface area contributed by atoms with Gasteiger partial charge in [-0.25, -0.2) is 8.42 Å². The zero-order valence-corrected chi connectivity index (χ0v) is 16.1. The standard InChI is InChI=1S/C19H30N2O3S/c1-16-9-11-17(12-10-16)15-20-19(22)13-14-21(25(2,23)24)18-7-5-3-4-6-8-18/h9-12,18H,3-8,13-15H2,1-2H3,(H,20,22). The zero-order chi connectivity index (χ0) is 18.3. The van der Waals surface area contributed by atoms with Gasteiger partial charge in [0, 0.05) is 25.6 Å². The van der Waals surface area contributed by atoms with Crippen molar-refractivity contribution >= 4 is 15.9 Å². The third kappa shape index (κ3) is 6.78. The summed E-state index contributed by atoms with van der Waals surface area (Å²) in [6.07, 6.45) is 7.73.